The lowest BCUT2D eigenvalue weighted by Gasteiger charge is -2.06. The van der Waals surface area contributed by atoms with Gasteiger partial charge in [-0.1, -0.05) is 0 Å². The fraction of sp³-hybridized carbons (Fsp3) is 0.182. The third-order valence-electron chi connectivity index (χ3n) is 2.73. The zero-order chi connectivity index (χ0) is 15.6. The third-order valence-corrected chi connectivity index (χ3v) is 3.35. The molecule has 1 aromatic heterocycles. The van der Waals surface area contributed by atoms with E-state index in [0.29, 0.717) is 16.0 Å². The highest BCUT2D eigenvalue weighted by Gasteiger charge is 2.17. The fourth-order valence-corrected chi connectivity index (χ4v) is 2.09. The predicted octanol–water partition coefficient (Wildman–Crippen LogP) is 2.58. The van der Waals surface area contributed by atoms with Gasteiger partial charge in [-0.25, -0.2) is 9.55 Å². The Morgan fingerprint density at radius 1 is 1.33 bits per heavy atom. The van der Waals surface area contributed by atoms with Crippen molar-refractivity contribution in [1.82, 2.24) is 9.55 Å². The topological polar surface area (TPSA) is 113 Å². The number of ether oxygens (including phenoxy) is 1. The van der Waals surface area contributed by atoms with Crippen molar-refractivity contribution in [3.63, 3.8) is 0 Å². The Balaban J connectivity index is 2.13. The van der Waals surface area contributed by atoms with Gasteiger partial charge in [-0.15, -0.1) is 0 Å². The summed E-state index contributed by atoms with van der Waals surface area (Å²) in [6.07, 6.45) is 1.14. The highest BCUT2D eigenvalue weighted by atomic mass is 79.9. The van der Waals surface area contributed by atoms with E-state index in [9.17, 15) is 20.2 Å². The van der Waals surface area contributed by atoms with Crippen molar-refractivity contribution in [1.29, 1.82) is 0 Å². The first-order chi connectivity index (χ1) is 9.90. The van der Waals surface area contributed by atoms with E-state index >= 15 is 0 Å². The Labute approximate surface area is 126 Å². The van der Waals surface area contributed by atoms with Crippen molar-refractivity contribution in [3.05, 3.63) is 54.9 Å². The van der Waals surface area contributed by atoms with Crippen molar-refractivity contribution in [2.24, 2.45) is 7.05 Å². The molecule has 0 aliphatic carbocycles. The molecule has 1 heterocycles. The van der Waals surface area contributed by atoms with Crippen LogP contribution in [0.15, 0.2) is 28.9 Å². The predicted molar refractivity (Wildman–Crippen MR) is 75.0 cm³/mol. The second-order valence-corrected chi connectivity index (χ2v) is 4.86. The van der Waals surface area contributed by atoms with Crippen LogP contribution >= 0.6 is 15.9 Å². The maximum atomic E-state index is 10.7. The van der Waals surface area contributed by atoms with Crippen LogP contribution in [0.1, 0.15) is 5.82 Å². The van der Waals surface area contributed by atoms with Crippen LogP contribution in [0.2, 0.25) is 0 Å². The summed E-state index contributed by atoms with van der Waals surface area (Å²) in [5.74, 6) is 0.606. The van der Waals surface area contributed by atoms with Gasteiger partial charge in [0.1, 0.15) is 11.9 Å². The van der Waals surface area contributed by atoms with Crippen LogP contribution in [0.4, 0.5) is 11.5 Å². The molecule has 0 aliphatic heterocycles. The number of imidazole rings is 1. The zero-order valence-electron chi connectivity index (χ0n) is 10.7. The Morgan fingerprint density at radius 3 is 2.57 bits per heavy atom. The summed E-state index contributed by atoms with van der Waals surface area (Å²) in [7, 11) is 1.51. The maximum absolute atomic E-state index is 10.7. The monoisotopic (exact) mass is 356 g/mol. The fourth-order valence-electron chi connectivity index (χ4n) is 1.60. The van der Waals surface area contributed by atoms with E-state index < -0.39 is 9.85 Å². The van der Waals surface area contributed by atoms with Crippen molar-refractivity contribution >= 4 is 27.4 Å². The summed E-state index contributed by atoms with van der Waals surface area (Å²) in [5, 5.41) is 21.3. The lowest BCUT2D eigenvalue weighted by Crippen LogP contribution is -2.06. The zero-order valence-corrected chi connectivity index (χ0v) is 12.3. The molecule has 21 heavy (non-hydrogen) atoms. The van der Waals surface area contributed by atoms with Gasteiger partial charge < -0.3 is 14.9 Å². The Bertz CT molecular complexity index is 715. The SMILES string of the molecule is Cn1c([N+](=O)[O-])cnc1COc1ccc([N+](=O)[O-])cc1Br. The first kappa shape index (κ1) is 14.9. The molecule has 9 nitrogen and oxygen atoms in total. The number of rotatable bonds is 5. The van der Waals surface area contributed by atoms with E-state index in [2.05, 4.69) is 20.9 Å². The number of nitro groups is 2. The quantitative estimate of drug-likeness (QED) is 0.600. The van der Waals surface area contributed by atoms with E-state index in [4.69, 9.17) is 4.74 Å². The van der Waals surface area contributed by atoms with Gasteiger partial charge >= 0.3 is 5.82 Å². The van der Waals surface area contributed by atoms with Crippen LogP contribution in [-0.2, 0) is 13.7 Å². The molecule has 0 bridgehead atoms. The van der Waals surface area contributed by atoms with Crippen LogP contribution in [-0.4, -0.2) is 19.4 Å². The van der Waals surface area contributed by atoms with E-state index in [-0.39, 0.29) is 18.1 Å². The minimum absolute atomic E-state index is 0.000745. The minimum Gasteiger partial charge on any atom is -0.482 e. The molecule has 0 saturated heterocycles. The summed E-state index contributed by atoms with van der Waals surface area (Å²) < 4.78 is 7.18. The summed E-state index contributed by atoms with van der Waals surface area (Å²) in [5.41, 5.74) is -0.0677. The van der Waals surface area contributed by atoms with Crippen LogP contribution in [0.5, 0.6) is 5.75 Å². The average Bonchev–Trinajstić information content (AvgIpc) is 2.78. The van der Waals surface area contributed by atoms with Crippen molar-refractivity contribution < 1.29 is 14.6 Å². The number of nitrogens with zero attached hydrogens (tertiary/aromatic N) is 4. The highest BCUT2D eigenvalue weighted by molar-refractivity contribution is 9.10. The van der Waals surface area contributed by atoms with Gasteiger partial charge in [-0.05, 0) is 26.9 Å². The molecule has 10 heteroatoms. The Hall–Kier alpha value is -2.49. The summed E-state index contributed by atoms with van der Waals surface area (Å²) in [6, 6.07) is 4.07. The molecule has 2 aromatic rings. The highest BCUT2D eigenvalue weighted by Crippen LogP contribution is 2.29. The second kappa shape index (κ2) is 5.87. The molecule has 0 amide bonds. The maximum Gasteiger partial charge on any atom is 0.342 e. The van der Waals surface area contributed by atoms with Gasteiger partial charge in [-0.2, -0.15) is 0 Å². The van der Waals surface area contributed by atoms with E-state index in [1.165, 1.54) is 29.8 Å². The number of nitro benzene ring substituents is 1. The molecule has 0 aliphatic rings. The number of hydrogen-bond donors (Lipinski definition) is 0. The van der Waals surface area contributed by atoms with Crippen molar-refractivity contribution in [2.45, 2.75) is 6.61 Å². The molecule has 110 valence electrons. The number of halogens is 1. The summed E-state index contributed by atoms with van der Waals surface area (Å²) in [4.78, 5) is 24.2. The van der Waals surface area contributed by atoms with Gasteiger partial charge in [0.05, 0.1) is 16.4 Å². The van der Waals surface area contributed by atoms with Crippen LogP contribution in [0, 0.1) is 20.2 Å². The molecule has 1 aromatic carbocycles. The first-order valence-corrected chi connectivity index (χ1v) is 6.41. The van der Waals surface area contributed by atoms with Gasteiger partial charge in [0.25, 0.3) is 5.69 Å². The molecule has 0 saturated carbocycles. The van der Waals surface area contributed by atoms with Gasteiger partial charge in [0.15, 0.2) is 6.61 Å². The standard InChI is InChI=1S/C11H9BrN4O5/c1-14-10(13-5-11(14)16(19)20)6-21-9-3-2-7(15(17)18)4-8(9)12/h2-5H,6H2,1H3. The number of aromatic nitrogens is 2. The smallest absolute Gasteiger partial charge is 0.342 e. The Kier molecular flexibility index (Phi) is 4.17. The first-order valence-electron chi connectivity index (χ1n) is 5.62. The minimum atomic E-state index is -0.543. The van der Waals surface area contributed by atoms with Crippen LogP contribution < -0.4 is 4.74 Å². The Morgan fingerprint density at radius 2 is 2.05 bits per heavy atom. The number of benzene rings is 1. The normalized spacial score (nSPS) is 10.4. The number of hydrogen-bond acceptors (Lipinski definition) is 6. The molecular weight excluding hydrogens is 348 g/mol. The lowest BCUT2D eigenvalue weighted by molar-refractivity contribution is -0.391. The lowest BCUT2D eigenvalue weighted by atomic mass is 10.3. The van der Waals surface area contributed by atoms with E-state index in [1.54, 1.807) is 0 Å². The van der Waals surface area contributed by atoms with Gasteiger partial charge in [0.2, 0.25) is 5.82 Å². The second-order valence-electron chi connectivity index (χ2n) is 4.01. The molecule has 0 fully saturated rings. The van der Waals surface area contributed by atoms with E-state index in [1.807, 2.05) is 0 Å². The van der Waals surface area contributed by atoms with Crippen molar-refractivity contribution in [2.75, 3.05) is 0 Å². The molecule has 0 atom stereocenters. The van der Waals surface area contributed by atoms with Crippen LogP contribution in [0.25, 0.3) is 0 Å². The van der Waals surface area contributed by atoms with Crippen molar-refractivity contribution in [3.8, 4) is 5.75 Å². The number of non-ortho nitro benzene ring substituents is 1. The van der Waals surface area contributed by atoms with E-state index in [0.717, 1.165) is 6.20 Å². The summed E-state index contributed by atoms with van der Waals surface area (Å²) >= 11 is 3.17. The summed E-state index contributed by atoms with van der Waals surface area (Å²) in [6.45, 7) is 0.000745. The molecular formula is C11H9BrN4O5. The average molecular weight is 357 g/mol. The van der Waals surface area contributed by atoms with Crippen LogP contribution in [0.3, 0.4) is 0 Å². The molecule has 0 unspecified atom stereocenters. The molecule has 0 radical (unpaired) electrons. The third kappa shape index (κ3) is 3.16. The van der Waals surface area contributed by atoms with Gasteiger partial charge in [-0.3, -0.25) is 10.1 Å². The van der Waals surface area contributed by atoms with Gasteiger partial charge in [0, 0.05) is 12.1 Å². The largest absolute Gasteiger partial charge is 0.482 e. The molecule has 0 N–H and O–H groups in total. The molecule has 0 spiro atoms. The molecule has 2 rings (SSSR count).